The molecular formula is C20H24O3. The number of rotatable bonds is 4. The van der Waals surface area contributed by atoms with Gasteiger partial charge in [-0.1, -0.05) is 0 Å². The minimum Gasteiger partial charge on any atom is -0.496 e. The molecule has 0 saturated heterocycles. The summed E-state index contributed by atoms with van der Waals surface area (Å²) in [6.07, 6.45) is 0.928. The van der Waals surface area contributed by atoms with Crippen LogP contribution in [-0.2, 0) is 0 Å². The number of aldehydes is 1. The van der Waals surface area contributed by atoms with Crippen molar-refractivity contribution in [2.45, 2.75) is 41.5 Å². The van der Waals surface area contributed by atoms with E-state index in [0.29, 0.717) is 0 Å². The predicted molar refractivity (Wildman–Crippen MR) is 93.3 cm³/mol. The number of methoxy groups -OCH3 is 1. The van der Waals surface area contributed by atoms with Crippen molar-refractivity contribution in [1.29, 1.82) is 0 Å². The molecule has 23 heavy (non-hydrogen) atoms. The number of hydrogen-bond acceptors (Lipinski definition) is 3. The minimum absolute atomic E-state index is 0.759. The van der Waals surface area contributed by atoms with Gasteiger partial charge in [0.2, 0.25) is 0 Å². The highest BCUT2D eigenvalue weighted by Crippen LogP contribution is 2.38. The standard InChI is InChI=1S/C20H24O3/c1-11-15(5)20(16(6)12(2)17(11)10-21)23-19-9-8-18(22-7)13(3)14(19)4/h8-10H,1-7H3. The third-order valence-electron chi connectivity index (χ3n) is 4.85. The van der Waals surface area contributed by atoms with Crippen LogP contribution in [0.1, 0.15) is 43.7 Å². The van der Waals surface area contributed by atoms with E-state index in [1.807, 2.05) is 53.7 Å². The van der Waals surface area contributed by atoms with E-state index in [9.17, 15) is 4.79 Å². The fourth-order valence-electron chi connectivity index (χ4n) is 2.85. The van der Waals surface area contributed by atoms with E-state index < -0.39 is 0 Å². The van der Waals surface area contributed by atoms with E-state index in [4.69, 9.17) is 9.47 Å². The molecule has 0 radical (unpaired) electrons. The molecule has 0 unspecified atom stereocenters. The molecule has 0 fully saturated rings. The first-order valence-electron chi connectivity index (χ1n) is 7.71. The van der Waals surface area contributed by atoms with Gasteiger partial charge in [0.25, 0.3) is 0 Å². The number of benzene rings is 2. The third kappa shape index (κ3) is 2.83. The van der Waals surface area contributed by atoms with Gasteiger partial charge in [-0.2, -0.15) is 0 Å². The Morgan fingerprint density at radius 1 is 0.739 bits per heavy atom. The van der Waals surface area contributed by atoms with Crippen molar-refractivity contribution in [3.05, 3.63) is 51.1 Å². The van der Waals surface area contributed by atoms with Crippen LogP contribution in [0.5, 0.6) is 17.2 Å². The second kappa shape index (κ2) is 6.45. The van der Waals surface area contributed by atoms with Gasteiger partial charge in [0, 0.05) is 5.56 Å². The monoisotopic (exact) mass is 312 g/mol. The maximum absolute atomic E-state index is 11.3. The highest BCUT2D eigenvalue weighted by atomic mass is 16.5. The van der Waals surface area contributed by atoms with E-state index in [0.717, 1.165) is 62.5 Å². The van der Waals surface area contributed by atoms with Crippen LogP contribution in [0.2, 0.25) is 0 Å². The molecule has 2 aromatic carbocycles. The first-order valence-corrected chi connectivity index (χ1v) is 7.71. The quantitative estimate of drug-likeness (QED) is 0.732. The summed E-state index contributed by atoms with van der Waals surface area (Å²) in [6, 6.07) is 3.85. The van der Waals surface area contributed by atoms with E-state index in [2.05, 4.69) is 0 Å². The molecule has 0 bridgehead atoms. The van der Waals surface area contributed by atoms with Crippen LogP contribution in [0.4, 0.5) is 0 Å². The molecule has 122 valence electrons. The van der Waals surface area contributed by atoms with Crippen molar-refractivity contribution in [3.8, 4) is 17.2 Å². The first-order chi connectivity index (χ1) is 10.8. The van der Waals surface area contributed by atoms with Gasteiger partial charge in [-0.3, -0.25) is 4.79 Å². The largest absolute Gasteiger partial charge is 0.496 e. The number of hydrogen-bond donors (Lipinski definition) is 0. The summed E-state index contributed by atoms with van der Waals surface area (Å²) in [5.74, 6) is 2.50. The Kier molecular flexibility index (Phi) is 4.79. The number of carbonyl (C=O) groups is 1. The molecule has 0 aliphatic rings. The molecule has 0 aliphatic carbocycles. The first kappa shape index (κ1) is 17.1. The summed E-state index contributed by atoms with van der Waals surface area (Å²) >= 11 is 0. The third-order valence-corrected chi connectivity index (χ3v) is 4.85. The second-order valence-corrected chi connectivity index (χ2v) is 5.98. The zero-order valence-corrected chi connectivity index (χ0v) is 15.0. The fraction of sp³-hybridized carbons (Fsp3) is 0.350. The molecule has 2 rings (SSSR count). The van der Waals surface area contributed by atoms with E-state index >= 15 is 0 Å². The molecule has 0 spiro atoms. The Morgan fingerprint density at radius 3 is 1.70 bits per heavy atom. The lowest BCUT2D eigenvalue weighted by Crippen LogP contribution is -2.03. The molecule has 3 heteroatoms. The Hall–Kier alpha value is -2.29. The molecule has 0 heterocycles. The average Bonchev–Trinajstić information content (AvgIpc) is 2.54. The molecule has 0 aliphatic heterocycles. The van der Waals surface area contributed by atoms with Crippen LogP contribution in [0.15, 0.2) is 12.1 Å². The van der Waals surface area contributed by atoms with Gasteiger partial charge in [-0.25, -0.2) is 0 Å². The molecule has 0 atom stereocenters. The van der Waals surface area contributed by atoms with Crippen molar-refractivity contribution >= 4 is 6.29 Å². The molecule has 0 saturated carbocycles. The Morgan fingerprint density at radius 2 is 1.22 bits per heavy atom. The summed E-state index contributed by atoms with van der Waals surface area (Å²) in [7, 11) is 1.67. The van der Waals surface area contributed by atoms with E-state index in [-0.39, 0.29) is 0 Å². The van der Waals surface area contributed by atoms with Crippen LogP contribution >= 0.6 is 0 Å². The van der Waals surface area contributed by atoms with Gasteiger partial charge in [0.1, 0.15) is 17.2 Å². The van der Waals surface area contributed by atoms with Gasteiger partial charge in [0.15, 0.2) is 6.29 Å². The van der Waals surface area contributed by atoms with Gasteiger partial charge >= 0.3 is 0 Å². The van der Waals surface area contributed by atoms with Gasteiger partial charge in [-0.05, 0) is 87.1 Å². The minimum atomic E-state index is 0.759. The van der Waals surface area contributed by atoms with Crippen molar-refractivity contribution in [1.82, 2.24) is 0 Å². The smallest absolute Gasteiger partial charge is 0.150 e. The SMILES string of the molecule is COc1ccc(Oc2c(C)c(C)c(C=O)c(C)c2C)c(C)c1C. The lowest BCUT2D eigenvalue weighted by atomic mass is 9.93. The molecule has 0 aromatic heterocycles. The molecular weight excluding hydrogens is 288 g/mol. The van der Waals surface area contributed by atoms with Crippen molar-refractivity contribution < 1.29 is 14.3 Å². The molecule has 0 N–H and O–H groups in total. The van der Waals surface area contributed by atoms with E-state index in [1.54, 1.807) is 7.11 Å². The highest BCUT2D eigenvalue weighted by Gasteiger charge is 2.17. The van der Waals surface area contributed by atoms with Gasteiger partial charge in [0.05, 0.1) is 7.11 Å². The highest BCUT2D eigenvalue weighted by molar-refractivity contribution is 5.82. The van der Waals surface area contributed by atoms with Crippen LogP contribution < -0.4 is 9.47 Å². The lowest BCUT2D eigenvalue weighted by molar-refractivity contribution is 0.112. The summed E-state index contributed by atoms with van der Waals surface area (Å²) in [5.41, 5.74) is 6.83. The molecule has 2 aromatic rings. The Balaban J connectivity index is 2.58. The summed E-state index contributed by atoms with van der Waals surface area (Å²) in [6.45, 7) is 12.0. The summed E-state index contributed by atoms with van der Waals surface area (Å²) < 4.78 is 11.6. The normalized spacial score (nSPS) is 10.6. The topological polar surface area (TPSA) is 35.5 Å². The molecule has 3 nitrogen and oxygen atoms in total. The van der Waals surface area contributed by atoms with Crippen LogP contribution in [-0.4, -0.2) is 13.4 Å². The fourth-order valence-corrected chi connectivity index (χ4v) is 2.85. The van der Waals surface area contributed by atoms with Gasteiger partial charge in [-0.15, -0.1) is 0 Å². The average molecular weight is 312 g/mol. The van der Waals surface area contributed by atoms with Crippen LogP contribution in [0.3, 0.4) is 0 Å². The van der Waals surface area contributed by atoms with Crippen molar-refractivity contribution in [2.75, 3.05) is 7.11 Å². The summed E-state index contributed by atoms with van der Waals surface area (Å²) in [5, 5.41) is 0. The van der Waals surface area contributed by atoms with Crippen LogP contribution in [0.25, 0.3) is 0 Å². The maximum atomic E-state index is 11.3. The van der Waals surface area contributed by atoms with Crippen molar-refractivity contribution in [2.24, 2.45) is 0 Å². The lowest BCUT2D eigenvalue weighted by Gasteiger charge is -2.20. The maximum Gasteiger partial charge on any atom is 0.150 e. The zero-order valence-electron chi connectivity index (χ0n) is 15.0. The number of carbonyl (C=O) groups excluding carboxylic acids is 1. The Labute approximate surface area is 138 Å². The predicted octanol–water partition coefficient (Wildman–Crippen LogP) is 5.15. The summed E-state index contributed by atoms with van der Waals surface area (Å²) in [4.78, 5) is 11.3. The van der Waals surface area contributed by atoms with Gasteiger partial charge < -0.3 is 9.47 Å². The molecule has 0 amide bonds. The van der Waals surface area contributed by atoms with E-state index in [1.165, 1.54) is 0 Å². The Bertz CT molecular complexity index is 744. The second-order valence-electron chi connectivity index (χ2n) is 5.98. The number of ether oxygens (including phenoxy) is 2. The zero-order chi connectivity index (χ0) is 17.3. The van der Waals surface area contributed by atoms with Crippen LogP contribution in [0, 0.1) is 41.5 Å². The van der Waals surface area contributed by atoms with Crippen molar-refractivity contribution in [3.63, 3.8) is 0 Å².